The SMILES string of the molecule is CC(=O)CCCn1nnc2cc(C)c(C)cc21. The second kappa shape index (κ2) is 4.65. The highest BCUT2D eigenvalue weighted by Gasteiger charge is 2.06. The van der Waals surface area contributed by atoms with Crippen molar-refractivity contribution >= 4 is 16.8 Å². The fourth-order valence-electron chi connectivity index (χ4n) is 1.87. The third kappa shape index (κ3) is 2.52. The molecule has 0 fully saturated rings. The molecule has 0 atom stereocenters. The highest BCUT2D eigenvalue weighted by Crippen LogP contribution is 2.17. The third-order valence-corrected chi connectivity index (χ3v) is 3.03. The van der Waals surface area contributed by atoms with Gasteiger partial charge in [0.25, 0.3) is 0 Å². The number of aromatic nitrogens is 3. The summed E-state index contributed by atoms with van der Waals surface area (Å²) in [6, 6.07) is 4.16. The number of carbonyl (C=O) groups excluding carboxylic acids is 1. The summed E-state index contributed by atoms with van der Waals surface area (Å²) in [4.78, 5) is 10.9. The zero-order valence-corrected chi connectivity index (χ0v) is 10.5. The standard InChI is InChI=1S/C13H17N3O/c1-9-7-12-13(8-10(9)2)16(15-14-12)6-4-5-11(3)17/h7-8H,4-6H2,1-3H3. The first-order chi connectivity index (χ1) is 8.08. The molecule has 0 aliphatic rings. The zero-order chi connectivity index (χ0) is 12.4. The predicted octanol–water partition coefficient (Wildman–Crippen LogP) is 2.42. The van der Waals surface area contributed by atoms with Gasteiger partial charge in [0, 0.05) is 13.0 Å². The zero-order valence-electron chi connectivity index (χ0n) is 10.5. The first kappa shape index (κ1) is 11.8. The van der Waals surface area contributed by atoms with Crippen molar-refractivity contribution in [1.29, 1.82) is 0 Å². The van der Waals surface area contributed by atoms with E-state index in [9.17, 15) is 4.79 Å². The molecule has 1 heterocycles. The number of hydrogen-bond acceptors (Lipinski definition) is 3. The van der Waals surface area contributed by atoms with E-state index in [0.717, 1.165) is 24.0 Å². The molecule has 0 saturated carbocycles. The molecule has 1 aromatic heterocycles. The van der Waals surface area contributed by atoms with Gasteiger partial charge in [0.15, 0.2) is 0 Å². The monoisotopic (exact) mass is 231 g/mol. The van der Waals surface area contributed by atoms with E-state index in [1.807, 2.05) is 4.68 Å². The molecular formula is C13H17N3O. The lowest BCUT2D eigenvalue weighted by Gasteiger charge is -2.03. The van der Waals surface area contributed by atoms with Gasteiger partial charge in [0.2, 0.25) is 0 Å². The molecule has 0 spiro atoms. The normalized spacial score (nSPS) is 11.0. The molecule has 1 aromatic carbocycles. The van der Waals surface area contributed by atoms with Crippen LogP contribution in [-0.2, 0) is 11.3 Å². The van der Waals surface area contributed by atoms with Crippen LogP contribution in [0.25, 0.3) is 11.0 Å². The Hall–Kier alpha value is -1.71. The molecule has 0 unspecified atom stereocenters. The summed E-state index contributed by atoms with van der Waals surface area (Å²) in [5.74, 6) is 0.224. The van der Waals surface area contributed by atoms with Gasteiger partial charge in [-0.2, -0.15) is 0 Å². The largest absolute Gasteiger partial charge is 0.300 e. The molecule has 0 bridgehead atoms. The van der Waals surface area contributed by atoms with Gasteiger partial charge >= 0.3 is 0 Å². The first-order valence-electron chi connectivity index (χ1n) is 5.88. The maximum Gasteiger partial charge on any atom is 0.129 e. The Morgan fingerprint density at radius 2 is 2.00 bits per heavy atom. The number of ketones is 1. The van der Waals surface area contributed by atoms with E-state index in [4.69, 9.17) is 0 Å². The fourth-order valence-corrected chi connectivity index (χ4v) is 1.87. The quantitative estimate of drug-likeness (QED) is 0.811. The molecule has 17 heavy (non-hydrogen) atoms. The second-order valence-corrected chi connectivity index (χ2v) is 4.54. The van der Waals surface area contributed by atoms with Crippen molar-refractivity contribution in [1.82, 2.24) is 15.0 Å². The van der Waals surface area contributed by atoms with Crippen LogP contribution in [0.5, 0.6) is 0 Å². The average Bonchev–Trinajstić information content (AvgIpc) is 2.62. The van der Waals surface area contributed by atoms with Crippen LogP contribution in [0.15, 0.2) is 12.1 Å². The molecule has 0 radical (unpaired) electrons. The van der Waals surface area contributed by atoms with Gasteiger partial charge in [-0.05, 0) is 50.5 Å². The Kier molecular flexibility index (Phi) is 3.22. The Bertz CT molecular complexity index is 557. The molecule has 0 N–H and O–H groups in total. The van der Waals surface area contributed by atoms with Gasteiger partial charge in [-0.15, -0.1) is 5.10 Å². The summed E-state index contributed by atoms with van der Waals surface area (Å²) in [5.41, 5.74) is 4.45. The van der Waals surface area contributed by atoms with Crippen molar-refractivity contribution in [3.8, 4) is 0 Å². The molecule has 4 nitrogen and oxygen atoms in total. The smallest absolute Gasteiger partial charge is 0.129 e. The van der Waals surface area contributed by atoms with Gasteiger partial charge in [-0.25, -0.2) is 4.68 Å². The highest BCUT2D eigenvalue weighted by molar-refractivity contribution is 5.76. The molecular weight excluding hydrogens is 214 g/mol. The van der Waals surface area contributed by atoms with Gasteiger partial charge in [0.1, 0.15) is 11.3 Å². The van der Waals surface area contributed by atoms with Crippen LogP contribution in [0.3, 0.4) is 0 Å². The highest BCUT2D eigenvalue weighted by atomic mass is 16.1. The number of benzene rings is 1. The number of nitrogens with zero attached hydrogens (tertiary/aromatic N) is 3. The van der Waals surface area contributed by atoms with Crippen molar-refractivity contribution in [2.45, 2.75) is 40.2 Å². The predicted molar refractivity (Wildman–Crippen MR) is 66.9 cm³/mol. The van der Waals surface area contributed by atoms with Crippen LogP contribution in [0.1, 0.15) is 30.9 Å². The topological polar surface area (TPSA) is 47.8 Å². The number of carbonyl (C=O) groups is 1. The van der Waals surface area contributed by atoms with E-state index in [-0.39, 0.29) is 5.78 Å². The van der Waals surface area contributed by atoms with Crippen molar-refractivity contribution in [2.24, 2.45) is 0 Å². The maximum atomic E-state index is 10.9. The van der Waals surface area contributed by atoms with Crippen LogP contribution in [0.4, 0.5) is 0 Å². The molecule has 90 valence electrons. The number of rotatable bonds is 4. The fraction of sp³-hybridized carbons (Fsp3) is 0.462. The summed E-state index contributed by atoms with van der Waals surface area (Å²) < 4.78 is 1.88. The van der Waals surface area contributed by atoms with Crippen molar-refractivity contribution in [3.05, 3.63) is 23.3 Å². The van der Waals surface area contributed by atoms with Crippen molar-refractivity contribution in [3.63, 3.8) is 0 Å². The summed E-state index contributed by atoms with van der Waals surface area (Å²) in [6.07, 6.45) is 1.42. The van der Waals surface area contributed by atoms with Crippen molar-refractivity contribution in [2.75, 3.05) is 0 Å². The minimum Gasteiger partial charge on any atom is -0.300 e. The number of Topliss-reactive ketones (excluding diaryl/α,β-unsaturated/α-hetero) is 1. The van der Waals surface area contributed by atoms with E-state index in [1.54, 1.807) is 6.92 Å². The van der Waals surface area contributed by atoms with Crippen LogP contribution in [-0.4, -0.2) is 20.8 Å². The van der Waals surface area contributed by atoms with Gasteiger partial charge in [0.05, 0.1) is 5.52 Å². The van der Waals surface area contributed by atoms with E-state index in [2.05, 4.69) is 36.3 Å². The lowest BCUT2D eigenvalue weighted by atomic mass is 10.1. The molecule has 2 rings (SSSR count). The minimum atomic E-state index is 0.224. The van der Waals surface area contributed by atoms with Crippen LogP contribution >= 0.6 is 0 Å². The minimum absolute atomic E-state index is 0.224. The average molecular weight is 231 g/mol. The summed E-state index contributed by atoms with van der Waals surface area (Å²) in [7, 11) is 0. The Balaban J connectivity index is 2.23. The molecule has 0 aliphatic heterocycles. The van der Waals surface area contributed by atoms with Crippen molar-refractivity contribution < 1.29 is 4.79 Å². The number of fused-ring (bicyclic) bond motifs is 1. The van der Waals surface area contributed by atoms with Gasteiger partial charge in [-0.1, -0.05) is 5.21 Å². The van der Waals surface area contributed by atoms with Gasteiger partial charge < -0.3 is 4.79 Å². The van der Waals surface area contributed by atoms with Crippen LogP contribution in [0.2, 0.25) is 0 Å². The molecule has 0 amide bonds. The number of aryl methyl sites for hydroxylation is 3. The lowest BCUT2D eigenvalue weighted by Crippen LogP contribution is -2.02. The van der Waals surface area contributed by atoms with E-state index >= 15 is 0 Å². The Labute approximate surface area is 101 Å². The Morgan fingerprint density at radius 1 is 1.29 bits per heavy atom. The summed E-state index contributed by atoms with van der Waals surface area (Å²) >= 11 is 0. The Morgan fingerprint density at radius 3 is 2.71 bits per heavy atom. The molecule has 0 saturated heterocycles. The molecule has 4 heteroatoms. The first-order valence-corrected chi connectivity index (χ1v) is 5.88. The summed E-state index contributed by atoms with van der Waals surface area (Å²) in [5, 5.41) is 8.28. The van der Waals surface area contributed by atoms with E-state index in [1.165, 1.54) is 11.1 Å². The maximum absolute atomic E-state index is 10.9. The van der Waals surface area contributed by atoms with Crippen LogP contribution < -0.4 is 0 Å². The lowest BCUT2D eigenvalue weighted by molar-refractivity contribution is -0.117. The summed E-state index contributed by atoms with van der Waals surface area (Å²) in [6.45, 7) is 6.52. The van der Waals surface area contributed by atoms with E-state index < -0.39 is 0 Å². The number of hydrogen-bond donors (Lipinski definition) is 0. The molecule has 2 aromatic rings. The third-order valence-electron chi connectivity index (χ3n) is 3.03. The molecule has 0 aliphatic carbocycles. The van der Waals surface area contributed by atoms with Gasteiger partial charge in [-0.3, -0.25) is 0 Å². The van der Waals surface area contributed by atoms with E-state index in [0.29, 0.717) is 6.42 Å². The van der Waals surface area contributed by atoms with Crippen LogP contribution in [0, 0.1) is 13.8 Å². The second-order valence-electron chi connectivity index (χ2n) is 4.54.